The summed E-state index contributed by atoms with van der Waals surface area (Å²) >= 11 is 0. The highest BCUT2D eigenvalue weighted by molar-refractivity contribution is 5.70. The number of ether oxygens (including phenoxy) is 2. The fourth-order valence-electron chi connectivity index (χ4n) is 2.67. The predicted octanol–water partition coefficient (Wildman–Crippen LogP) is 2.02. The molecular formula is C18H24N4O3. The molecule has 25 heavy (non-hydrogen) atoms. The van der Waals surface area contributed by atoms with Crippen LogP contribution in [-0.4, -0.2) is 65.5 Å². The molecule has 1 aliphatic rings. The van der Waals surface area contributed by atoms with Gasteiger partial charge < -0.3 is 19.3 Å². The van der Waals surface area contributed by atoms with Crippen molar-refractivity contribution in [2.75, 3.05) is 39.8 Å². The van der Waals surface area contributed by atoms with Crippen LogP contribution in [0.3, 0.4) is 0 Å². The summed E-state index contributed by atoms with van der Waals surface area (Å²) < 4.78 is 12.9. The molecule has 1 fully saturated rings. The standard InChI is InChI=1S/C18H24N4O3/c1-15-14-17(25-18(23)21-10-8-20(2)9-11-21)22(19-15)12-13-24-16-6-4-3-5-7-16/h3-7,14H,8-13H2,1-2H3. The van der Waals surface area contributed by atoms with Crippen LogP contribution in [0.2, 0.25) is 0 Å². The zero-order valence-corrected chi connectivity index (χ0v) is 14.7. The molecular weight excluding hydrogens is 320 g/mol. The van der Waals surface area contributed by atoms with Gasteiger partial charge in [0.2, 0.25) is 5.88 Å². The monoisotopic (exact) mass is 344 g/mol. The SMILES string of the molecule is Cc1cc(OC(=O)N2CCN(C)CC2)n(CCOc2ccccc2)n1. The van der Waals surface area contributed by atoms with E-state index >= 15 is 0 Å². The molecule has 0 unspecified atom stereocenters. The molecule has 0 bridgehead atoms. The first-order valence-electron chi connectivity index (χ1n) is 8.49. The zero-order chi connectivity index (χ0) is 17.6. The van der Waals surface area contributed by atoms with Gasteiger partial charge in [0, 0.05) is 32.2 Å². The van der Waals surface area contributed by atoms with E-state index in [1.165, 1.54) is 0 Å². The maximum Gasteiger partial charge on any atom is 0.416 e. The van der Waals surface area contributed by atoms with Crippen molar-refractivity contribution in [3.63, 3.8) is 0 Å². The highest BCUT2D eigenvalue weighted by Crippen LogP contribution is 2.16. The van der Waals surface area contributed by atoms with Crippen LogP contribution in [0, 0.1) is 6.92 Å². The number of para-hydroxylation sites is 1. The molecule has 1 aromatic heterocycles. The molecule has 7 nitrogen and oxygen atoms in total. The fourth-order valence-corrected chi connectivity index (χ4v) is 2.67. The van der Waals surface area contributed by atoms with E-state index in [0.29, 0.717) is 32.1 Å². The van der Waals surface area contributed by atoms with Crippen molar-refractivity contribution in [3.05, 3.63) is 42.1 Å². The Morgan fingerprint density at radius 1 is 1.16 bits per heavy atom. The molecule has 1 amide bonds. The Kier molecular flexibility index (Phi) is 5.55. The number of aryl methyl sites for hydroxylation is 1. The normalized spacial score (nSPS) is 15.2. The summed E-state index contributed by atoms with van der Waals surface area (Å²) in [5.41, 5.74) is 0.806. The first-order valence-corrected chi connectivity index (χ1v) is 8.49. The highest BCUT2D eigenvalue weighted by Gasteiger charge is 2.22. The van der Waals surface area contributed by atoms with Gasteiger partial charge in [-0.1, -0.05) is 18.2 Å². The largest absolute Gasteiger partial charge is 0.492 e. The van der Waals surface area contributed by atoms with Gasteiger partial charge in [0.25, 0.3) is 0 Å². The number of piperazine rings is 1. The lowest BCUT2D eigenvalue weighted by Gasteiger charge is -2.31. The predicted molar refractivity (Wildman–Crippen MR) is 94.0 cm³/mol. The van der Waals surface area contributed by atoms with Crippen molar-refractivity contribution in [2.45, 2.75) is 13.5 Å². The van der Waals surface area contributed by atoms with Crippen LogP contribution in [0.15, 0.2) is 36.4 Å². The van der Waals surface area contributed by atoms with Gasteiger partial charge in [-0.05, 0) is 26.1 Å². The Hall–Kier alpha value is -2.54. The molecule has 2 aromatic rings. The van der Waals surface area contributed by atoms with Crippen molar-refractivity contribution < 1.29 is 14.3 Å². The molecule has 2 heterocycles. The minimum absolute atomic E-state index is 0.321. The van der Waals surface area contributed by atoms with Crippen LogP contribution in [0.4, 0.5) is 4.79 Å². The van der Waals surface area contributed by atoms with Gasteiger partial charge in [-0.25, -0.2) is 9.48 Å². The van der Waals surface area contributed by atoms with Gasteiger partial charge in [0.05, 0.1) is 12.2 Å². The molecule has 0 aliphatic carbocycles. The molecule has 0 spiro atoms. The summed E-state index contributed by atoms with van der Waals surface area (Å²) in [6, 6.07) is 11.4. The number of carbonyl (C=O) groups excluding carboxylic acids is 1. The third-order valence-electron chi connectivity index (χ3n) is 4.13. The van der Waals surface area contributed by atoms with E-state index < -0.39 is 0 Å². The number of benzene rings is 1. The van der Waals surface area contributed by atoms with Crippen molar-refractivity contribution >= 4 is 6.09 Å². The lowest BCUT2D eigenvalue weighted by molar-refractivity contribution is 0.117. The van der Waals surface area contributed by atoms with Crippen molar-refractivity contribution in [1.82, 2.24) is 19.6 Å². The maximum absolute atomic E-state index is 12.3. The van der Waals surface area contributed by atoms with Gasteiger partial charge in [-0.15, -0.1) is 0 Å². The quantitative estimate of drug-likeness (QED) is 0.830. The van der Waals surface area contributed by atoms with Crippen LogP contribution < -0.4 is 9.47 Å². The summed E-state index contributed by atoms with van der Waals surface area (Å²) in [4.78, 5) is 16.3. The fraction of sp³-hybridized carbons (Fsp3) is 0.444. The maximum atomic E-state index is 12.3. The molecule has 0 atom stereocenters. The summed E-state index contributed by atoms with van der Waals surface area (Å²) in [7, 11) is 2.05. The van der Waals surface area contributed by atoms with Crippen LogP contribution in [-0.2, 0) is 6.54 Å². The molecule has 1 saturated heterocycles. The van der Waals surface area contributed by atoms with Crippen LogP contribution in [0.25, 0.3) is 0 Å². The molecule has 134 valence electrons. The number of amides is 1. The zero-order valence-electron chi connectivity index (χ0n) is 14.7. The number of rotatable bonds is 5. The third-order valence-corrected chi connectivity index (χ3v) is 4.13. The van der Waals surface area contributed by atoms with E-state index in [1.54, 1.807) is 15.6 Å². The minimum atomic E-state index is -0.321. The number of likely N-dealkylation sites (N-methyl/N-ethyl adjacent to an activating group) is 1. The van der Waals surface area contributed by atoms with Gasteiger partial charge in [-0.3, -0.25) is 0 Å². The average molecular weight is 344 g/mol. The number of aromatic nitrogens is 2. The van der Waals surface area contributed by atoms with Gasteiger partial charge in [0.1, 0.15) is 12.4 Å². The van der Waals surface area contributed by atoms with Crippen LogP contribution >= 0.6 is 0 Å². The number of hydrogen-bond donors (Lipinski definition) is 0. The van der Waals surface area contributed by atoms with E-state index in [9.17, 15) is 4.79 Å². The van der Waals surface area contributed by atoms with Crippen molar-refractivity contribution in [3.8, 4) is 11.6 Å². The Balaban J connectivity index is 1.56. The summed E-state index contributed by atoms with van der Waals surface area (Å²) in [5.74, 6) is 1.26. The summed E-state index contributed by atoms with van der Waals surface area (Å²) in [5, 5.41) is 4.38. The molecule has 0 N–H and O–H groups in total. The minimum Gasteiger partial charge on any atom is -0.492 e. The third kappa shape index (κ3) is 4.73. The van der Waals surface area contributed by atoms with E-state index in [-0.39, 0.29) is 6.09 Å². The van der Waals surface area contributed by atoms with E-state index in [4.69, 9.17) is 9.47 Å². The number of hydrogen-bond acceptors (Lipinski definition) is 5. The smallest absolute Gasteiger partial charge is 0.416 e. The van der Waals surface area contributed by atoms with Crippen molar-refractivity contribution in [1.29, 1.82) is 0 Å². The Labute approximate surface area is 147 Å². The topological polar surface area (TPSA) is 59.8 Å². The van der Waals surface area contributed by atoms with Crippen molar-refractivity contribution in [2.24, 2.45) is 0 Å². The molecule has 0 radical (unpaired) electrons. The van der Waals surface area contributed by atoms with Gasteiger partial charge >= 0.3 is 6.09 Å². The first-order chi connectivity index (χ1) is 12.1. The van der Waals surface area contributed by atoms with Gasteiger partial charge in [-0.2, -0.15) is 5.10 Å². The second kappa shape index (κ2) is 8.02. The summed E-state index contributed by atoms with van der Waals surface area (Å²) in [6.45, 7) is 5.91. The highest BCUT2D eigenvalue weighted by atomic mass is 16.6. The van der Waals surface area contributed by atoms with Gasteiger partial charge in [0.15, 0.2) is 0 Å². The number of carbonyl (C=O) groups is 1. The molecule has 1 aromatic carbocycles. The number of nitrogens with zero attached hydrogens (tertiary/aromatic N) is 4. The second-order valence-corrected chi connectivity index (χ2v) is 6.17. The Morgan fingerprint density at radius 3 is 2.60 bits per heavy atom. The van der Waals surface area contributed by atoms with Crippen LogP contribution in [0.5, 0.6) is 11.6 Å². The van der Waals surface area contributed by atoms with E-state index in [0.717, 1.165) is 24.5 Å². The Bertz CT molecular complexity index is 694. The van der Waals surface area contributed by atoms with E-state index in [1.807, 2.05) is 44.3 Å². The second-order valence-electron chi connectivity index (χ2n) is 6.17. The van der Waals surface area contributed by atoms with E-state index in [2.05, 4.69) is 10.00 Å². The molecule has 1 aliphatic heterocycles. The first kappa shape index (κ1) is 17.3. The summed E-state index contributed by atoms with van der Waals surface area (Å²) in [6.07, 6.45) is -0.321. The lowest BCUT2D eigenvalue weighted by Crippen LogP contribution is -2.48. The Morgan fingerprint density at radius 2 is 1.88 bits per heavy atom. The molecule has 7 heteroatoms. The molecule has 3 rings (SSSR count). The molecule has 0 saturated carbocycles. The lowest BCUT2D eigenvalue weighted by atomic mass is 10.3. The van der Waals surface area contributed by atoms with Crippen LogP contribution in [0.1, 0.15) is 5.69 Å². The average Bonchev–Trinajstić information content (AvgIpc) is 2.95.